The summed E-state index contributed by atoms with van der Waals surface area (Å²) < 4.78 is 0. The van der Waals surface area contributed by atoms with Gasteiger partial charge in [0.15, 0.2) is 0 Å². The molecule has 0 saturated carbocycles. The van der Waals surface area contributed by atoms with Crippen molar-refractivity contribution in [3.8, 4) is 0 Å². The van der Waals surface area contributed by atoms with Gasteiger partial charge in [-0.05, 0) is 33.8 Å². The third kappa shape index (κ3) is 2.78. The average Bonchev–Trinajstić information content (AvgIpc) is 2.12. The number of nitrogens with one attached hydrogen (secondary N) is 1. The van der Waals surface area contributed by atoms with Gasteiger partial charge in [-0.1, -0.05) is 0 Å². The summed E-state index contributed by atoms with van der Waals surface area (Å²) in [4.78, 5) is 10.5. The molecule has 6 heteroatoms. The van der Waals surface area contributed by atoms with Gasteiger partial charge in [-0.25, -0.2) is 4.79 Å². The molecule has 0 aromatic heterocycles. The van der Waals surface area contributed by atoms with E-state index in [-0.39, 0.29) is 32.7 Å². The van der Waals surface area contributed by atoms with E-state index >= 15 is 0 Å². The predicted octanol–water partition coefficient (Wildman–Crippen LogP) is 1.40. The van der Waals surface area contributed by atoms with Crippen molar-refractivity contribution in [1.29, 1.82) is 0 Å². The Labute approximate surface area is 114 Å². The number of carbonyl (C=O) groups is 1. The average molecular weight is 289 g/mol. The van der Waals surface area contributed by atoms with Gasteiger partial charge in [-0.15, -0.1) is 0 Å². The molecule has 0 fully saturated rings. The first-order valence-corrected chi connectivity index (χ1v) is 4.40. The zero-order valence-electron chi connectivity index (χ0n) is 9.40. The van der Waals surface area contributed by atoms with Gasteiger partial charge in [0.2, 0.25) is 0 Å². The van der Waals surface area contributed by atoms with Gasteiger partial charge < -0.3 is 10.3 Å². The molecule has 3 N–H and O–H groups in total. The van der Waals surface area contributed by atoms with Crippen molar-refractivity contribution < 1.29 is 47.8 Å². The molecule has 1 aliphatic rings. The van der Waals surface area contributed by atoms with E-state index in [1.165, 1.54) is 0 Å². The third-order valence-corrected chi connectivity index (χ3v) is 2.47. The Morgan fingerprint density at radius 3 is 2.13 bits per heavy atom. The number of carboxylic acid groups (broad SMARTS) is 1. The Hall–Kier alpha value is 0.0339. The summed E-state index contributed by atoms with van der Waals surface area (Å²) in [6, 6.07) is 0. The maximum atomic E-state index is 10.5. The smallest absolute Gasteiger partial charge is 0.408 e. The van der Waals surface area contributed by atoms with Crippen molar-refractivity contribution in [3.05, 3.63) is 11.8 Å². The second-order valence-corrected chi connectivity index (χ2v) is 4.51. The van der Waals surface area contributed by atoms with Crippen LogP contribution in [0.4, 0.5) is 4.79 Å². The van der Waals surface area contributed by atoms with Crippen molar-refractivity contribution in [2.24, 2.45) is 0 Å². The Morgan fingerprint density at radius 2 is 1.87 bits per heavy atom. The first kappa shape index (κ1) is 15.0. The Kier molecular flexibility index (Phi) is 4.50. The van der Waals surface area contributed by atoms with Crippen LogP contribution in [0.1, 0.15) is 27.7 Å². The minimum atomic E-state index is -1.12. The van der Waals surface area contributed by atoms with Gasteiger partial charge in [0.25, 0.3) is 0 Å². The molecule has 0 atom stereocenters. The molecule has 0 bridgehead atoms. The molecule has 0 aromatic carbocycles. The summed E-state index contributed by atoms with van der Waals surface area (Å²) in [5.74, 6) is 0. The maximum absolute atomic E-state index is 10.5. The third-order valence-electron chi connectivity index (χ3n) is 2.47. The normalized spacial score (nSPS) is 22.9. The summed E-state index contributed by atoms with van der Waals surface area (Å²) in [5.41, 5.74) is -0.763. The van der Waals surface area contributed by atoms with Crippen LogP contribution in [0.2, 0.25) is 0 Å². The van der Waals surface area contributed by atoms with Crippen LogP contribution in [0, 0.1) is 0 Å². The van der Waals surface area contributed by atoms with E-state index < -0.39 is 17.2 Å². The van der Waals surface area contributed by atoms with Gasteiger partial charge in [0, 0.05) is 38.4 Å². The van der Waals surface area contributed by atoms with Gasteiger partial charge >= 0.3 is 6.09 Å². The molecule has 15 heavy (non-hydrogen) atoms. The van der Waals surface area contributed by atoms with Crippen LogP contribution in [-0.4, -0.2) is 32.5 Å². The monoisotopic (exact) mass is 289 g/mol. The van der Waals surface area contributed by atoms with Gasteiger partial charge in [-0.2, -0.15) is 5.06 Å². The Balaban J connectivity index is 0.00000196. The molecule has 0 unspecified atom stereocenters. The van der Waals surface area contributed by atoms with Crippen LogP contribution in [0.5, 0.6) is 0 Å². The second kappa shape index (κ2) is 4.49. The molecule has 1 rings (SSSR count). The molecule has 1 aliphatic heterocycles. The van der Waals surface area contributed by atoms with Crippen LogP contribution in [-0.2, 0) is 32.7 Å². The first-order chi connectivity index (χ1) is 6.18. The largest absolute Gasteiger partial charge is 0.465 e. The summed E-state index contributed by atoms with van der Waals surface area (Å²) >= 11 is 0. The molecule has 5 nitrogen and oxygen atoms in total. The zero-order valence-corrected chi connectivity index (χ0v) is 12.2. The predicted molar refractivity (Wildman–Crippen MR) is 51.0 cm³/mol. The standard InChI is InChI=1S/C9H16N2O3.Y/c1-8(2)5-6(10-7(12)13)9(3,4)11(8)14;/h5,10,14H,1-4H3,(H,12,13);. The number of amides is 1. The second-order valence-electron chi connectivity index (χ2n) is 4.51. The minimum absolute atomic E-state index is 0. The molecule has 1 radical (unpaired) electrons. The number of nitrogens with zero attached hydrogens (tertiary/aromatic N) is 1. The first-order valence-electron chi connectivity index (χ1n) is 4.40. The van der Waals surface area contributed by atoms with Crippen LogP contribution in [0.25, 0.3) is 0 Å². The quantitative estimate of drug-likeness (QED) is 0.682. The van der Waals surface area contributed by atoms with Gasteiger partial charge in [-0.3, -0.25) is 5.32 Å². The van der Waals surface area contributed by atoms with Gasteiger partial charge in [0.05, 0.1) is 11.1 Å². The molecule has 0 spiro atoms. The van der Waals surface area contributed by atoms with E-state index in [0.717, 1.165) is 5.06 Å². The van der Waals surface area contributed by atoms with E-state index in [9.17, 15) is 10.0 Å². The molecule has 1 amide bonds. The molecule has 0 saturated heterocycles. The number of hydrogen-bond donors (Lipinski definition) is 3. The summed E-state index contributed by atoms with van der Waals surface area (Å²) in [5, 5.41) is 21.9. The fourth-order valence-electron chi connectivity index (χ4n) is 1.73. The zero-order chi connectivity index (χ0) is 11.1. The topological polar surface area (TPSA) is 72.8 Å². The van der Waals surface area contributed by atoms with Crippen molar-refractivity contribution in [1.82, 2.24) is 10.4 Å². The summed E-state index contributed by atoms with van der Waals surface area (Å²) in [6.07, 6.45) is 0.594. The fourth-order valence-corrected chi connectivity index (χ4v) is 1.73. The summed E-state index contributed by atoms with van der Waals surface area (Å²) in [7, 11) is 0. The molecule has 1 heterocycles. The van der Waals surface area contributed by atoms with Crippen molar-refractivity contribution in [2.45, 2.75) is 38.8 Å². The van der Waals surface area contributed by atoms with Crippen molar-refractivity contribution in [3.63, 3.8) is 0 Å². The van der Waals surface area contributed by atoms with Crippen LogP contribution < -0.4 is 5.32 Å². The van der Waals surface area contributed by atoms with E-state index in [1.807, 2.05) is 13.8 Å². The molecular formula is C9H16N2O3Y. The molecule has 83 valence electrons. The molecule has 0 aliphatic carbocycles. The molecular weight excluding hydrogens is 273 g/mol. The minimum Gasteiger partial charge on any atom is -0.465 e. The maximum Gasteiger partial charge on any atom is 0.408 e. The number of hydrogen-bond acceptors (Lipinski definition) is 3. The van der Waals surface area contributed by atoms with Crippen LogP contribution >= 0.6 is 0 Å². The van der Waals surface area contributed by atoms with E-state index in [1.54, 1.807) is 19.9 Å². The van der Waals surface area contributed by atoms with Crippen molar-refractivity contribution in [2.75, 3.05) is 0 Å². The van der Waals surface area contributed by atoms with Crippen molar-refractivity contribution >= 4 is 6.09 Å². The number of rotatable bonds is 1. The van der Waals surface area contributed by atoms with E-state index in [0.29, 0.717) is 5.70 Å². The van der Waals surface area contributed by atoms with Crippen LogP contribution in [0.15, 0.2) is 11.8 Å². The summed E-state index contributed by atoms with van der Waals surface area (Å²) in [6.45, 7) is 7.13. The molecule has 0 aromatic rings. The van der Waals surface area contributed by atoms with Crippen LogP contribution in [0.3, 0.4) is 0 Å². The SMILES string of the molecule is CC1(C)C=C(NC(=O)O)C(C)(C)N1O.[Y]. The van der Waals surface area contributed by atoms with Gasteiger partial charge in [0.1, 0.15) is 0 Å². The Morgan fingerprint density at radius 1 is 1.40 bits per heavy atom. The van der Waals surface area contributed by atoms with E-state index in [4.69, 9.17) is 5.11 Å². The fraction of sp³-hybridized carbons (Fsp3) is 0.667. The number of hydroxylamine groups is 2. The van der Waals surface area contributed by atoms with E-state index in [2.05, 4.69) is 5.32 Å². The Bertz CT molecular complexity index is 300.